The molecule has 70 heavy (non-hydrogen) atoms. The van der Waals surface area contributed by atoms with Gasteiger partial charge < -0.3 is 9.64 Å². The maximum atomic E-state index is 7.23. The van der Waals surface area contributed by atoms with Crippen molar-refractivity contribution in [3.05, 3.63) is 253 Å². The van der Waals surface area contributed by atoms with Gasteiger partial charge in [-0.1, -0.05) is 182 Å². The number of para-hydroxylation sites is 2. The van der Waals surface area contributed by atoms with E-state index in [-0.39, 0.29) is 0 Å². The topological polar surface area (TPSA) is 51.1 Å². The first-order valence-corrected chi connectivity index (χ1v) is 24.5. The molecular weight excluding hydrogens is 873 g/mol. The van der Waals surface area contributed by atoms with Crippen molar-refractivity contribution in [2.75, 3.05) is 4.90 Å². The van der Waals surface area contributed by atoms with Crippen molar-refractivity contribution in [2.24, 2.45) is 0 Å². The van der Waals surface area contributed by atoms with Crippen LogP contribution >= 0.6 is 11.3 Å². The molecule has 0 radical (unpaired) electrons. The number of hydrogen-bond acceptors (Lipinski definition) is 6. The second-order valence-corrected chi connectivity index (χ2v) is 19.3. The van der Waals surface area contributed by atoms with E-state index in [1.807, 2.05) is 47.7 Å². The molecule has 0 bridgehead atoms. The van der Waals surface area contributed by atoms with Crippen LogP contribution in [0.1, 0.15) is 22.3 Å². The summed E-state index contributed by atoms with van der Waals surface area (Å²) in [6.07, 6.45) is 0. The molecule has 1 unspecified atom stereocenters. The fourth-order valence-electron chi connectivity index (χ4n) is 11.6. The Hall–Kier alpha value is -8.97. The van der Waals surface area contributed by atoms with E-state index in [0.29, 0.717) is 17.5 Å². The number of fused-ring (bicyclic) bond motifs is 16. The van der Waals surface area contributed by atoms with E-state index in [0.717, 1.165) is 61.9 Å². The van der Waals surface area contributed by atoms with Gasteiger partial charge in [0.05, 0.1) is 16.8 Å². The van der Waals surface area contributed by atoms with Gasteiger partial charge in [0.15, 0.2) is 29.0 Å². The highest BCUT2D eigenvalue weighted by atomic mass is 32.1. The summed E-state index contributed by atoms with van der Waals surface area (Å²) in [7, 11) is 0. The molecule has 12 aromatic rings. The van der Waals surface area contributed by atoms with E-state index >= 15 is 0 Å². The Morgan fingerprint density at radius 3 is 1.76 bits per heavy atom. The molecule has 6 heteroatoms. The van der Waals surface area contributed by atoms with Gasteiger partial charge in [-0.2, -0.15) is 0 Å². The minimum Gasteiger partial charge on any atom is -0.452 e. The second kappa shape index (κ2) is 15.0. The molecule has 5 nitrogen and oxygen atoms in total. The highest BCUT2D eigenvalue weighted by Gasteiger charge is 2.53. The van der Waals surface area contributed by atoms with Crippen LogP contribution in [0.2, 0.25) is 0 Å². The molecule has 10 aromatic carbocycles. The number of aromatic nitrogens is 3. The van der Waals surface area contributed by atoms with Gasteiger partial charge in [-0.15, -0.1) is 11.3 Å². The van der Waals surface area contributed by atoms with E-state index in [1.54, 1.807) is 0 Å². The van der Waals surface area contributed by atoms with E-state index in [4.69, 9.17) is 19.7 Å². The number of rotatable bonds is 5. The highest BCUT2D eigenvalue weighted by Crippen LogP contribution is 2.67. The molecule has 0 fully saturated rings. The highest BCUT2D eigenvalue weighted by molar-refractivity contribution is 7.25. The maximum Gasteiger partial charge on any atom is 0.164 e. The van der Waals surface area contributed by atoms with Gasteiger partial charge in [0, 0.05) is 48.1 Å². The lowest BCUT2D eigenvalue weighted by Gasteiger charge is -2.35. The van der Waals surface area contributed by atoms with E-state index in [1.165, 1.54) is 59.1 Å². The molecular formula is C64H38N4OS. The van der Waals surface area contributed by atoms with Crippen molar-refractivity contribution >= 4 is 48.6 Å². The lowest BCUT2D eigenvalue weighted by atomic mass is 9.70. The van der Waals surface area contributed by atoms with Crippen LogP contribution in [0, 0.1) is 0 Å². The largest absolute Gasteiger partial charge is 0.452 e. The Bertz CT molecular complexity index is 4070. The van der Waals surface area contributed by atoms with Crippen molar-refractivity contribution in [2.45, 2.75) is 5.41 Å². The summed E-state index contributed by atoms with van der Waals surface area (Å²) in [4.78, 5) is 17.8. The summed E-state index contributed by atoms with van der Waals surface area (Å²) < 4.78 is 9.80. The van der Waals surface area contributed by atoms with E-state index in [2.05, 4.69) is 199 Å². The van der Waals surface area contributed by atoms with Gasteiger partial charge in [-0.25, -0.2) is 15.0 Å². The van der Waals surface area contributed by atoms with E-state index in [9.17, 15) is 0 Å². The molecule has 1 aliphatic heterocycles. The smallest absolute Gasteiger partial charge is 0.164 e. The zero-order chi connectivity index (χ0) is 45.9. The number of benzene rings is 10. The third kappa shape index (κ3) is 5.56. The van der Waals surface area contributed by atoms with Gasteiger partial charge in [0.25, 0.3) is 0 Å². The van der Waals surface area contributed by atoms with Gasteiger partial charge >= 0.3 is 0 Å². The summed E-state index contributed by atoms with van der Waals surface area (Å²) in [5, 5.41) is 2.54. The molecule has 1 atom stereocenters. The summed E-state index contributed by atoms with van der Waals surface area (Å²) >= 11 is 1.84. The number of thiophene rings is 1. The minimum atomic E-state index is -0.633. The molecule has 3 aliphatic rings. The van der Waals surface area contributed by atoms with Gasteiger partial charge in [0.2, 0.25) is 0 Å². The quantitative estimate of drug-likeness (QED) is 0.172. The molecule has 0 saturated carbocycles. The van der Waals surface area contributed by atoms with Crippen molar-refractivity contribution in [1.82, 2.24) is 15.0 Å². The zero-order valence-electron chi connectivity index (χ0n) is 37.5. The van der Waals surface area contributed by atoms with Gasteiger partial charge in [-0.3, -0.25) is 0 Å². The van der Waals surface area contributed by atoms with Crippen LogP contribution in [-0.4, -0.2) is 15.0 Å². The zero-order valence-corrected chi connectivity index (χ0v) is 38.4. The Morgan fingerprint density at radius 1 is 0.371 bits per heavy atom. The normalized spacial score (nSPS) is 14.7. The van der Waals surface area contributed by atoms with Crippen molar-refractivity contribution in [1.29, 1.82) is 0 Å². The third-order valence-electron chi connectivity index (χ3n) is 14.5. The standard InChI is InChI=1S/C64H38N4OS/c1-3-17-39(18-4-1)61-65-62(40-19-5-2-6-20-40)67-63(66-61)47-24-8-7-21-43(47)41-31-33-45-44-22-9-12-26-50(44)64(53(45)37-41)51-27-13-10-25-48(51)59-52(64)34-35-55-60(59)69-56-29-15-14-28-54(56)68(55)42-32-36-58-49(38-42)46-23-11-16-30-57(46)70-58/h1-38H. The fourth-order valence-corrected chi connectivity index (χ4v) is 12.7. The fraction of sp³-hybridized carbons (Fsp3) is 0.0156. The lowest BCUT2D eigenvalue weighted by molar-refractivity contribution is 0.478. The molecule has 2 aliphatic carbocycles. The predicted molar refractivity (Wildman–Crippen MR) is 286 cm³/mol. The Morgan fingerprint density at radius 2 is 0.971 bits per heavy atom. The van der Waals surface area contributed by atoms with Crippen LogP contribution in [0.3, 0.4) is 0 Å². The SMILES string of the molecule is c1ccc(-c2nc(-c3ccccc3)nc(-c3ccccc3-c3ccc4c(c3)C3(c5ccccc5-4)c4ccccc4-c4c3ccc3c4Oc4ccccc4N3c3ccc4sc5ccccc5c4c3)n2)cc1. The maximum absolute atomic E-state index is 7.23. The average molecular weight is 911 g/mol. The summed E-state index contributed by atoms with van der Waals surface area (Å²) in [5.74, 6) is 3.58. The van der Waals surface area contributed by atoms with Crippen LogP contribution < -0.4 is 9.64 Å². The first-order chi connectivity index (χ1) is 34.7. The van der Waals surface area contributed by atoms with Crippen molar-refractivity contribution in [3.8, 4) is 79.0 Å². The van der Waals surface area contributed by atoms with Crippen LogP contribution in [0.25, 0.3) is 87.7 Å². The monoisotopic (exact) mass is 910 g/mol. The van der Waals surface area contributed by atoms with Crippen molar-refractivity contribution < 1.29 is 4.74 Å². The molecule has 326 valence electrons. The Balaban J connectivity index is 0.942. The van der Waals surface area contributed by atoms with Crippen LogP contribution in [-0.2, 0) is 5.41 Å². The first kappa shape index (κ1) is 39.1. The first-order valence-electron chi connectivity index (χ1n) is 23.7. The Labute approximate surface area is 408 Å². The number of ether oxygens (including phenoxy) is 1. The van der Waals surface area contributed by atoms with Gasteiger partial charge in [-0.05, 0) is 98.6 Å². The summed E-state index contributed by atoms with van der Waals surface area (Å²) in [6.45, 7) is 0. The molecule has 0 saturated heterocycles. The predicted octanol–water partition coefficient (Wildman–Crippen LogP) is 16.8. The van der Waals surface area contributed by atoms with Crippen molar-refractivity contribution in [3.63, 3.8) is 0 Å². The molecule has 15 rings (SSSR count). The molecule has 1 spiro atoms. The van der Waals surface area contributed by atoms with Crippen LogP contribution in [0.5, 0.6) is 11.5 Å². The number of anilines is 3. The molecule has 0 amide bonds. The summed E-state index contributed by atoms with van der Waals surface area (Å²) in [6, 6.07) is 82.6. The molecule has 2 aromatic heterocycles. The summed E-state index contributed by atoms with van der Waals surface area (Å²) in [5.41, 5.74) is 17.1. The lowest BCUT2D eigenvalue weighted by Crippen LogP contribution is -2.26. The third-order valence-corrected chi connectivity index (χ3v) is 15.7. The number of hydrogen-bond donors (Lipinski definition) is 0. The van der Waals surface area contributed by atoms with Gasteiger partial charge in [0.1, 0.15) is 0 Å². The average Bonchev–Trinajstić information content (AvgIpc) is 4.06. The number of nitrogens with zero attached hydrogens (tertiary/aromatic N) is 4. The molecule has 0 N–H and O–H groups in total. The second-order valence-electron chi connectivity index (χ2n) is 18.2. The Kier molecular flexibility index (Phi) is 8.38. The van der Waals surface area contributed by atoms with E-state index < -0.39 is 5.41 Å². The van der Waals surface area contributed by atoms with Crippen LogP contribution in [0.15, 0.2) is 231 Å². The molecule has 3 heterocycles. The van der Waals surface area contributed by atoms with Crippen LogP contribution in [0.4, 0.5) is 17.1 Å². The minimum absolute atomic E-state index is 0.623.